The van der Waals surface area contributed by atoms with E-state index in [1.54, 1.807) is 22.7 Å². The van der Waals surface area contributed by atoms with E-state index in [1.807, 2.05) is 36.4 Å². The van der Waals surface area contributed by atoms with Crippen LogP contribution >= 0.6 is 50.2 Å². The van der Waals surface area contributed by atoms with Gasteiger partial charge in [0.2, 0.25) is 0 Å². The van der Waals surface area contributed by atoms with E-state index >= 15 is 0 Å². The maximum absolute atomic E-state index is 5.94. The van der Waals surface area contributed by atoms with Crippen LogP contribution in [0.3, 0.4) is 0 Å². The fourth-order valence-corrected chi connectivity index (χ4v) is 4.35. The predicted octanol–water partition coefficient (Wildman–Crippen LogP) is 7.02. The molecule has 0 atom stereocenters. The molecule has 2 aromatic heterocycles. The van der Waals surface area contributed by atoms with Crippen molar-refractivity contribution in [3.8, 4) is 32.5 Å². The molecular formula is C18H10BrClN2S2. The molecule has 0 bridgehead atoms. The molecule has 0 amide bonds. The molecule has 6 heteroatoms. The van der Waals surface area contributed by atoms with Gasteiger partial charge in [-0.25, -0.2) is 9.97 Å². The largest absolute Gasteiger partial charge is 0.233 e. The van der Waals surface area contributed by atoms with Crippen LogP contribution in [-0.4, -0.2) is 9.97 Å². The van der Waals surface area contributed by atoms with Gasteiger partial charge in [-0.3, -0.25) is 0 Å². The lowest BCUT2D eigenvalue weighted by Gasteiger charge is -1.96. The molecule has 24 heavy (non-hydrogen) atoms. The lowest BCUT2D eigenvalue weighted by Crippen LogP contribution is -1.80. The Morgan fingerprint density at radius 3 is 1.67 bits per heavy atom. The second kappa shape index (κ2) is 6.76. The summed E-state index contributed by atoms with van der Waals surface area (Å²) in [5.41, 5.74) is 4.10. The van der Waals surface area contributed by atoms with Crippen LogP contribution in [0, 0.1) is 0 Å². The van der Waals surface area contributed by atoms with Crippen LogP contribution in [0.5, 0.6) is 0 Å². The normalized spacial score (nSPS) is 10.9. The molecule has 0 spiro atoms. The molecule has 0 saturated carbocycles. The molecule has 0 saturated heterocycles. The van der Waals surface area contributed by atoms with Gasteiger partial charge in [0.15, 0.2) is 10.0 Å². The first-order valence-electron chi connectivity index (χ1n) is 7.12. The standard InChI is InChI=1S/C18H10BrClN2S2/c19-13-5-1-11(2-6-13)15-9-23-17(21-15)18-22-16(10-24-18)12-3-7-14(20)8-4-12/h1-10H. The van der Waals surface area contributed by atoms with Crippen molar-refractivity contribution in [1.29, 1.82) is 0 Å². The van der Waals surface area contributed by atoms with E-state index in [4.69, 9.17) is 21.6 Å². The van der Waals surface area contributed by atoms with Gasteiger partial charge < -0.3 is 0 Å². The second-order valence-corrected chi connectivity index (χ2v) is 8.16. The molecule has 0 N–H and O–H groups in total. The molecule has 0 unspecified atom stereocenters. The zero-order valence-corrected chi connectivity index (χ0v) is 16.2. The summed E-state index contributed by atoms with van der Waals surface area (Å²) in [6.45, 7) is 0. The predicted molar refractivity (Wildman–Crippen MR) is 107 cm³/mol. The monoisotopic (exact) mass is 432 g/mol. The van der Waals surface area contributed by atoms with Crippen LogP contribution in [0.15, 0.2) is 63.8 Å². The summed E-state index contributed by atoms with van der Waals surface area (Å²) in [5.74, 6) is 0. The average molecular weight is 434 g/mol. The maximum atomic E-state index is 5.94. The number of nitrogens with zero attached hydrogens (tertiary/aromatic N) is 2. The number of thiazole rings is 2. The van der Waals surface area contributed by atoms with Crippen molar-refractivity contribution in [2.24, 2.45) is 0 Å². The molecule has 4 aromatic rings. The zero-order valence-electron chi connectivity index (χ0n) is 12.2. The van der Waals surface area contributed by atoms with Crippen molar-refractivity contribution in [2.45, 2.75) is 0 Å². The van der Waals surface area contributed by atoms with Gasteiger partial charge in [0.25, 0.3) is 0 Å². The summed E-state index contributed by atoms with van der Waals surface area (Å²) in [6, 6.07) is 15.9. The van der Waals surface area contributed by atoms with Crippen LogP contribution in [0.25, 0.3) is 32.5 Å². The Morgan fingerprint density at radius 2 is 1.17 bits per heavy atom. The zero-order chi connectivity index (χ0) is 16.5. The Hall–Kier alpha value is -1.53. The molecule has 2 aromatic carbocycles. The van der Waals surface area contributed by atoms with Crippen LogP contribution in [0.1, 0.15) is 0 Å². The lowest BCUT2D eigenvalue weighted by molar-refractivity contribution is 1.35. The van der Waals surface area contributed by atoms with E-state index < -0.39 is 0 Å². The summed E-state index contributed by atoms with van der Waals surface area (Å²) < 4.78 is 1.06. The number of hydrogen-bond acceptors (Lipinski definition) is 4. The summed E-state index contributed by atoms with van der Waals surface area (Å²) in [4.78, 5) is 9.45. The Balaban J connectivity index is 1.63. The third kappa shape index (κ3) is 3.30. The number of hydrogen-bond donors (Lipinski definition) is 0. The molecule has 0 aliphatic heterocycles. The minimum absolute atomic E-state index is 0.730. The van der Waals surface area contributed by atoms with Gasteiger partial charge in [-0.1, -0.05) is 51.8 Å². The van der Waals surface area contributed by atoms with Crippen LogP contribution in [0.4, 0.5) is 0 Å². The van der Waals surface area contributed by atoms with Crippen LogP contribution in [-0.2, 0) is 0 Å². The SMILES string of the molecule is Clc1ccc(-c2csc(-c3nc(-c4ccc(Br)cc4)cs3)n2)cc1. The van der Waals surface area contributed by atoms with Gasteiger partial charge in [-0.15, -0.1) is 22.7 Å². The third-order valence-electron chi connectivity index (χ3n) is 3.47. The molecule has 0 aliphatic rings. The van der Waals surface area contributed by atoms with E-state index in [2.05, 4.69) is 38.8 Å². The number of aromatic nitrogens is 2. The lowest BCUT2D eigenvalue weighted by atomic mass is 10.2. The molecule has 0 fully saturated rings. The highest BCUT2D eigenvalue weighted by molar-refractivity contribution is 9.10. The van der Waals surface area contributed by atoms with Gasteiger partial charge in [-0.05, 0) is 24.3 Å². The quantitative estimate of drug-likeness (QED) is 0.347. The van der Waals surface area contributed by atoms with Gasteiger partial charge in [0.1, 0.15) is 0 Å². The van der Waals surface area contributed by atoms with Crippen LogP contribution in [0.2, 0.25) is 5.02 Å². The smallest absolute Gasteiger partial charge is 0.152 e. The van der Waals surface area contributed by atoms with Crippen molar-refractivity contribution in [3.63, 3.8) is 0 Å². The molecule has 0 aliphatic carbocycles. The van der Waals surface area contributed by atoms with E-state index in [1.165, 1.54) is 0 Å². The van der Waals surface area contributed by atoms with Gasteiger partial charge >= 0.3 is 0 Å². The molecule has 2 heterocycles. The first-order valence-corrected chi connectivity index (χ1v) is 10.1. The summed E-state index contributed by atoms with van der Waals surface area (Å²) in [6.07, 6.45) is 0. The first-order chi connectivity index (χ1) is 11.7. The summed E-state index contributed by atoms with van der Waals surface area (Å²) in [7, 11) is 0. The third-order valence-corrected chi connectivity index (χ3v) is 6.08. The Labute approximate surface area is 160 Å². The maximum Gasteiger partial charge on any atom is 0.152 e. The first kappa shape index (κ1) is 16.0. The van der Waals surface area contributed by atoms with Gasteiger partial charge in [0.05, 0.1) is 11.4 Å². The van der Waals surface area contributed by atoms with Crippen molar-refractivity contribution in [1.82, 2.24) is 9.97 Å². The fourth-order valence-electron chi connectivity index (χ4n) is 2.25. The highest BCUT2D eigenvalue weighted by atomic mass is 79.9. The van der Waals surface area contributed by atoms with Crippen LogP contribution < -0.4 is 0 Å². The summed E-state index contributed by atoms with van der Waals surface area (Å²) in [5, 5.41) is 6.74. The van der Waals surface area contributed by atoms with E-state index in [-0.39, 0.29) is 0 Å². The van der Waals surface area contributed by atoms with Crippen molar-refractivity contribution >= 4 is 50.2 Å². The van der Waals surface area contributed by atoms with Crippen molar-refractivity contribution in [3.05, 3.63) is 68.8 Å². The van der Waals surface area contributed by atoms with E-state index in [9.17, 15) is 0 Å². The number of halogens is 2. The second-order valence-electron chi connectivity index (χ2n) is 5.09. The molecule has 2 nitrogen and oxygen atoms in total. The number of rotatable bonds is 3. The molecular weight excluding hydrogens is 424 g/mol. The molecule has 4 rings (SSSR count). The minimum Gasteiger partial charge on any atom is -0.233 e. The Morgan fingerprint density at radius 1 is 0.708 bits per heavy atom. The fraction of sp³-hybridized carbons (Fsp3) is 0. The van der Waals surface area contributed by atoms with Gasteiger partial charge in [-0.2, -0.15) is 0 Å². The highest BCUT2D eigenvalue weighted by Crippen LogP contribution is 2.33. The Kier molecular flexibility index (Phi) is 4.50. The minimum atomic E-state index is 0.730. The van der Waals surface area contributed by atoms with Crippen molar-refractivity contribution in [2.75, 3.05) is 0 Å². The number of benzene rings is 2. The van der Waals surface area contributed by atoms with Crippen molar-refractivity contribution < 1.29 is 0 Å². The Bertz CT molecular complexity index is 893. The topological polar surface area (TPSA) is 25.8 Å². The van der Waals surface area contributed by atoms with E-state index in [0.717, 1.165) is 42.0 Å². The highest BCUT2D eigenvalue weighted by Gasteiger charge is 2.11. The van der Waals surface area contributed by atoms with E-state index in [0.29, 0.717) is 0 Å². The average Bonchev–Trinajstić information content (AvgIpc) is 3.25. The van der Waals surface area contributed by atoms with Gasteiger partial charge in [0, 0.05) is 31.4 Å². The molecule has 0 radical (unpaired) electrons. The summed E-state index contributed by atoms with van der Waals surface area (Å²) >= 11 is 12.6. The molecule has 118 valence electrons.